The lowest BCUT2D eigenvalue weighted by atomic mass is 10.0. The van der Waals surface area contributed by atoms with E-state index in [0.717, 1.165) is 38.5 Å². The van der Waals surface area contributed by atoms with Crippen LogP contribution in [0.3, 0.4) is 0 Å². The van der Waals surface area contributed by atoms with Crippen molar-refractivity contribution in [2.45, 2.75) is 200 Å². The Morgan fingerprint density at radius 1 is 0.455 bits per heavy atom. The van der Waals surface area contributed by atoms with Gasteiger partial charge in [0, 0.05) is 12.8 Å². The van der Waals surface area contributed by atoms with Crippen molar-refractivity contribution in [3.05, 3.63) is 60.2 Å². The van der Waals surface area contributed by atoms with Gasteiger partial charge in [-0.15, -0.1) is 0 Å². The van der Waals surface area contributed by atoms with Gasteiger partial charge in [-0.25, -0.2) is 4.79 Å². The number of rotatable bonds is 36. The topological polar surface area (TPSA) is 88.1 Å². The quantitative estimate of drug-likeness (QED) is 0.0388. The summed E-state index contributed by atoms with van der Waals surface area (Å²) in [6.45, 7) is 4.16. The maximum Gasteiger partial charge on any atom is 0.338 e. The Balaban J connectivity index is 1.71. The standard InChI is InChI=1S/C48H76O7/c1-3-5-7-9-11-13-15-17-19-21-23-25-30-37-46(49)52-40-45(55-47(50)38-31-26-24-22-20-18-16-14-12-10-8-6-4-2)41-53-48(51)42-33-32-36-44(39-42)54-43-34-28-27-29-35-43/h27-29,32-36,39,45H,3-26,30-31,37-38,40-41H2,1-2H3/t45-/m0/s1. The van der Waals surface area contributed by atoms with E-state index in [1.54, 1.807) is 24.3 Å². The van der Waals surface area contributed by atoms with E-state index in [9.17, 15) is 14.4 Å². The molecule has 2 rings (SSSR count). The number of carbonyl (C=O) groups excluding carboxylic acids is 3. The number of para-hydroxylation sites is 1. The lowest BCUT2D eigenvalue weighted by Gasteiger charge is -2.18. The smallest absolute Gasteiger partial charge is 0.338 e. The molecule has 0 aliphatic heterocycles. The summed E-state index contributed by atoms with van der Waals surface area (Å²) in [6, 6.07) is 16.1. The summed E-state index contributed by atoms with van der Waals surface area (Å²) in [5.41, 5.74) is 0.310. The minimum Gasteiger partial charge on any atom is -0.462 e. The molecule has 0 radical (unpaired) electrons. The van der Waals surface area contributed by atoms with Gasteiger partial charge in [0.15, 0.2) is 6.10 Å². The zero-order chi connectivity index (χ0) is 39.4. The van der Waals surface area contributed by atoms with Crippen LogP contribution in [0.25, 0.3) is 0 Å². The first-order valence-corrected chi connectivity index (χ1v) is 22.4. The maximum atomic E-state index is 13.0. The molecule has 0 saturated heterocycles. The predicted molar refractivity (Wildman–Crippen MR) is 225 cm³/mol. The van der Waals surface area contributed by atoms with Gasteiger partial charge in [0.25, 0.3) is 0 Å². The highest BCUT2D eigenvalue weighted by Crippen LogP contribution is 2.22. The van der Waals surface area contributed by atoms with Crippen molar-refractivity contribution < 1.29 is 33.3 Å². The molecule has 0 saturated carbocycles. The molecular weight excluding hydrogens is 689 g/mol. The second-order valence-corrected chi connectivity index (χ2v) is 15.3. The van der Waals surface area contributed by atoms with Crippen molar-refractivity contribution in [2.24, 2.45) is 0 Å². The fourth-order valence-electron chi connectivity index (χ4n) is 6.76. The lowest BCUT2D eigenvalue weighted by Crippen LogP contribution is -2.31. The van der Waals surface area contributed by atoms with Crippen LogP contribution in [0.15, 0.2) is 54.6 Å². The molecule has 1 atom stereocenters. The van der Waals surface area contributed by atoms with Crippen LogP contribution in [0.4, 0.5) is 0 Å². The summed E-state index contributed by atoms with van der Waals surface area (Å²) in [6.07, 6.45) is 31.8. The Hall–Kier alpha value is -3.35. The number of hydrogen-bond acceptors (Lipinski definition) is 7. The summed E-state index contributed by atoms with van der Waals surface area (Å²) in [7, 11) is 0. The minimum absolute atomic E-state index is 0.147. The van der Waals surface area contributed by atoms with Crippen LogP contribution in [-0.2, 0) is 23.8 Å². The molecule has 7 heteroatoms. The molecule has 0 aromatic heterocycles. The SMILES string of the molecule is CCCCCCCCCCCCCCCC(=O)OC[C@@H](COC(=O)c1cccc(Oc2ccccc2)c1)OC(=O)CCCCCCCCCCCCCCC. The van der Waals surface area contributed by atoms with E-state index < -0.39 is 12.1 Å². The van der Waals surface area contributed by atoms with Crippen molar-refractivity contribution in [1.82, 2.24) is 0 Å². The van der Waals surface area contributed by atoms with Gasteiger partial charge in [-0.05, 0) is 43.2 Å². The number of benzene rings is 2. The largest absolute Gasteiger partial charge is 0.462 e. The van der Waals surface area contributed by atoms with E-state index in [4.69, 9.17) is 18.9 Å². The van der Waals surface area contributed by atoms with Crippen molar-refractivity contribution in [3.63, 3.8) is 0 Å². The number of esters is 3. The summed E-state index contributed by atoms with van der Waals surface area (Å²) in [5.74, 6) is -0.102. The molecule has 2 aromatic rings. The number of carbonyl (C=O) groups is 3. The maximum absolute atomic E-state index is 13.0. The molecule has 0 unspecified atom stereocenters. The van der Waals surface area contributed by atoms with Crippen molar-refractivity contribution in [2.75, 3.05) is 13.2 Å². The van der Waals surface area contributed by atoms with E-state index >= 15 is 0 Å². The van der Waals surface area contributed by atoms with Gasteiger partial charge >= 0.3 is 17.9 Å². The highest BCUT2D eigenvalue weighted by molar-refractivity contribution is 5.89. The monoisotopic (exact) mass is 765 g/mol. The molecule has 310 valence electrons. The fraction of sp³-hybridized carbons (Fsp3) is 0.688. The molecule has 0 heterocycles. The van der Waals surface area contributed by atoms with Crippen LogP contribution in [-0.4, -0.2) is 37.2 Å². The molecule has 0 fully saturated rings. The lowest BCUT2D eigenvalue weighted by molar-refractivity contribution is -0.161. The average Bonchev–Trinajstić information content (AvgIpc) is 3.19. The second kappa shape index (κ2) is 33.9. The van der Waals surface area contributed by atoms with Gasteiger partial charge in [0.2, 0.25) is 0 Å². The Bertz CT molecular complexity index is 1230. The van der Waals surface area contributed by atoms with Gasteiger partial charge in [0.1, 0.15) is 24.7 Å². The first-order chi connectivity index (χ1) is 27.0. The predicted octanol–water partition coefficient (Wildman–Crippen LogP) is 14.1. The Labute approximate surface area is 335 Å². The Morgan fingerprint density at radius 2 is 0.873 bits per heavy atom. The zero-order valence-corrected chi connectivity index (χ0v) is 34.8. The number of hydrogen-bond donors (Lipinski definition) is 0. The Morgan fingerprint density at radius 3 is 1.36 bits per heavy atom. The third-order valence-corrected chi connectivity index (χ3v) is 10.1. The molecule has 7 nitrogen and oxygen atoms in total. The third-order valence-electron chi connectivity index (χ3n) is 10.1. The van der Waals surface area contributed by atoms with E-state index in [2.05, 4.69) is 13.8 Å². The molecule has 55 heavy (non-hydrogen) atoms. The minimum atomic E-state index is -0.877. The van der Waals surface area contributed by atoms with Crippen LogP contribution < -0.4 is 4.74 Å². The molecule has 0 amide bonds. The average molecular weight is 765 g/mol. The van der Waals surface area contributed by atoms with Gasteiger partial charge < -0.3 is 18.9 Å². The van der Waals surface area contributed by atoms with Crippen LogP contribution >= 0.6 is 0 Å². The molecular formula is C48H76O7. The van der Waals surface area contributed by atoms with Gasteiger partial charge in [0.05, 0.1) is 5.56 Å². The fourth-order valence-corrected chi connectivity index (χ4v) is 6.76. The van der Waals surface area contributed by atoms with E-state index in [0.29, 0.717) is 23.5 Å². The second-order valence-electron chi connectivity index (χ2n) is 15.3. The molecule has 0 spiro atoms. The van der Waals surface area contributed by atoms with E-state index in [1.807, 2.05) is 30.3 Å². The number of unbranched alkanes of at least 4 members (excludes halogenated alkanes) is 24. The van der Waals surface area contributed by atoms with Crippen LogP contribution in [0.5, 0.6) is 11.5 Å². The summed E-state index contributed by atoms with van der Waals surface area (Å²) >= 11 is 0. The molecule has 0 aliphatic carbocycles. The van der Waals surface area contributed by atoms with Crippen LogP contribution in [0.1, 0.15) is 204 Å². The normalized spacial score (nSPS) is 11.6. The summed E-state index contributed by atoms with van der Waals surface area (Å²) in [5, 5.41) is 0. The molecule has 0 aliphatic rings. The van der Waals surface area contributed by atoms with Crippen LogP contribution in [0, 0.1) is 0 Å². The van der Waals surface area contributed by atoms with Gasteiger partial charge in [-0.2, -0.15) is 0 Å². The first-order valence-electron chi connectivity index (χ1n) is 22.4. The molecule has 0 N–H and O–H groups in total. The van der Waals surface area contributed by atoms with Gasteiger partial charge in [-0.3, -0.25) is 9.59 Å². The van der Waals surface area contributed by atoms with Gasteiger partial charge in [-0.1, -0.05) is 192 Å². The van der Waals surface area contributed by atoms with Crippen molar-refractivity contribution in [1.29, 1.82) is 0 Å². The highest BCUT2D eigenvalue weighted by Gasteiger charge is 2.20. The highest BCUT2D eigenvalue weighted by atomic mass is 16.6. The third kappa shape index (κ3) is 27.0. The molecule has 0 bridgehead atoms. The number of ether oxygens (including phenoxy) is 4. The van der Waals surface area contributed by atoms with Crippen molar-refractivity contribution >= 4 is 17.9 Å². The zero-order valence-electron chi connectivity index (χ0n) is 34.8. The van der Waals surface area contributed by atoms with Crippen LogP contribution in [0.2, 0.25) is 0 Å². The Kier molecular flexibility index (Phi) is 29.5. The summed E-state index contributed by atoms with van der Waals surface area (Å²) < 4.78 is 22.7. The van der Waals surface area contributed by atoms with E-state index in [-0.39, 0.29) is 31.6 Å². The first kappa shape index (κ1) is 47.8. The van der Waals surface area contributed by atoms with Crippen molar-refractivity contribution in [3.8, 4) is 11.5 Å². The molecule has 2 aromatic carbocycles. The van der Waals surface area contributed by atoms with E-state index in [1.165, 1.54) is 128 Å². The summed E-state index contributed by atoms with van der Waals surface area (Å²) in [4.78, 5) is 38.4.